The highest BCUT2D eigenvalue weighted by molar-refractivity contribution is 6.37. The van der Waals surface area contributed by atoms with E-state index < -0.39 is 0 Å². The van der Waals surface area contributed by atoms with Gasteiger partial charge in [0.1, 0.15) is 25.8 Å². The summed E-state index contributed by atoms with van der Waals surface area (Å²) >= 11 is 19.3. The van der Waals surface area contributed by atoms with Crippen molar-refractivity contribution >= 4 is 46.3 Å². The van der Waals surface area contributed by atoms with E-state index in [9.17, 15) is 4.79 Å². The van der Waals surface area contributed by atoms with Gasteiger partial charge in [-0.2, -0.15) is 0 Å². The maximum absolute atomic E-state index is 14.6. The molecule has 3 aromatic carbocycles. The van der Waals surface area contributed by atoms with Crippen LogP contribution < -0.4 is 14.8 Å². The van der Waals surface area contributed by atoms with E-state index in [1.807, 2.05) is 60.4 Å². The zero-order chi connectivity index (χ0) is 34.0. The summed E-state index contributed by atoms with van der Waals surface area (Å²) in [4.78, 5) is 16.6. The van der Waals surface area contributed by atoms with Crippen LogP contribution in [0.4, 0.5) is 0 Å². The fourth-order valence-electron chi connectivity index (χ4n) is 5.88. The lowest BCUT2D eigenvalue weighted by Crippen LogP contribution is -2.47. The van der Waals surface area contributed by atoms with Gasteiger partial charge in [-0.25, -0.2) is 0 Å². The molecule has 1 unspecified atom stereocenters. The maximum Gasteiger partial charge on any atom is 0.252 e. The number of carbonyl (C=O) groups excluding carboxylic acids is 1. The minimum atomic E-state index is -0.297. The monoisotopic (exact) mass is 716 g/mol. The molecule has 0 aromatic heterocycles. The summed E-state index contributed by atoms with van der Waals surface area (Å²) in [5.74, 6) is 1.13. The summed E-state index contributed by atoms with van der Waals surface area (Å²) in [5, 5.41) is 5.10. The van der Waals surface area contributed by atoms with Crippen LogP contribution in [0.2, 0.25) is 15.1 Å². The standard InChI is InChI=1S/C37H43Cl3N2O6/c1-24-18-32(39)36(33(40)19-24)48-17-16-47-29-9-5-26(6-10-29)30-12-14-41-34(22-46-23-45-3)35(30)37(43)42(28-7-8-28)21-27-20-25(13-15-44-2)4-11-31(27)38/h4-6,9-11,18-20,28,34,41H,7-8,12-17,21-23H2,1-3H3. The molecule has 0 bridgehead atoms. The number of rotatable bonds is 17. The fraction of sp³-hybridized carbons (Fsp3) is 0.432. The zero-order valence-corrected chi connectivity index (χ0v) is 29.9. The molecule has 1 aliphatic heterocycles. The van der Waals surface area contributed by atoms with Crippen molar-refractivity contribution in [2.75, 3.05) is 54.0 Å². The number of carbonyl (C=O) groups is 1. The fourth-order valence-corrected chi connectivity index (χ4v) is 6.77. The van der Waals surface area contributed by atoms with Gasteiger partial charge in [-0.1, -0.05) is 59.1 Å². The molecule has 2 aliphatic rings. The number of nitrogens with one attached hydrogen (secondary N) is 1. The molecule has 11 heteroatoms. The lowest BCUT2D eigenvalue weighted by Gasteiger charge is -2.33. The van der Waals surface area contributed by atoms with Gasteiger partial charge >= 0.3 is 0 Å². The van der Waals surface area contributed by atoms with Crippen LogP contribution in [0.3, 0.4) is 0 Å². The Morgan fingerprint density at radius 3 is 2.31 bits per heavy atom. The van der Waals surface area contributed by atoms with Gasteiger partial charge in [0, 0.05) is 37.4 Å². The number of nitrogens with zero attached hydrogens (tertiary/aromatic N) is 1. The second-order valence-electron chi connectivity index (χ2n) is 12.0. The lowest BCUT2D eigenvalue weighted by atomic mass is 9.88. The minimum absolute atomic E-state index is 0.00465. The maximum atomic E-state index is 14.6. The summed E-state index contributed by atoms with van der Waals surface area (Å²) in [6.07, 6.45) is 3.40. The van der Waals surface area contributed by atoms with Gasteiger partial charge in [-0.3, -0.25) is 4.79 Å². The Balaban J connectivity index is 1.35. The number of ether oxygens (including phenoxy) is 5. The molecule has 258 valence electrons. The summed E-state index contributed by atoms with van der Waals surface area (Å²) < 4.78 is 28.0. The third-order valence-electron chi connectivity index (χ3n) is 8.39. The van der Waals surface area contributed by atoms with Gasteiger partial charge in [0.25, 0.3) is 5.91 Å². The van der Waals surface area contributed by atoms with Crippen LogP contribution in [0.1, 0.15) is 41.5 Å². The Bertz CT molecular complexity index is 1550. The van der Waals surface area contributed by atoms with Crippen molar-refractivity contribution in [3.05, 3.63) is 97.5 Å². The van der Waals surface area contributed by atoms with Gasteiger partial charge in [-0.15, -0.1) is 0 Å². The molecule has 3 aromatic rings. The summed E-state index contributed by atoms with van der Waals surface area (Å²) in [5.41, 5.74) is 5.69. The minimum Gasteiger partial charge on any atom is -0.490 e. The number of amides is 1. The summed E-state index contributed by atoms with van der Waals surface area (Å²) in [7, 11) is 3.28. The van der Waals surface area contributed by atoms with Crippen molar-refractivity contribution in [2.45, 2.75) is 51.2 Å². The average molecular weight is 718 g/mol. The van der Waals surface area contributed by atoms with Gasteiger partial charge in [0.2, 0.25) is 0 Å². The van der Waals surface area contributed by atoms with Crippen LogP contribution in [0, 0.1) is 6.92 Å². The number of hydrogen-bond acceptors (Lipinski definition) is 7. The molecule has 1 aliphatic carbocycles. The van der Waals surface area contributed by atoms with Gasteiger partial charge in [0.05, 0.1) is 29.3 Å². The predicted molar refractivity (Wildman–Crippen MR) is 190 cm³/mol. The molecule has 1 fully saturated rings. The van der Waals surface area contributed by atoms with E-state index >= 15 is 0 Å². The first kappa shape index (κ1) is 36.5. The molecular formula is C37H43Cl3N2O6. The second-order valence-corrected chi connectivity index (χ2v) is 13.3. The third kappa shape index (κ3) is 9.66. The Morgan fingerprint density at radius 2 is 1.62 bits per heavy atom. The number of methoxy groups -OCH3 is 2. The van der Waals surface area contributed by atoms with E-state index in [0.29, 0.717) is 71.5 Å². The second kappa shape index (κ2) is 17.7. The van der Waals surface area contributed by atoms with Gasteiger partial charge in [-0.05, 0) is 97.3 Å². The molecule has 1 saturated carbocycles. The topological polar surface area (TPSA) is 78.5 Å². The molecule has 5 rings (SSSR count). The molecule has 1 atom stereocenters. The van der Waals surface area contributed by atoms with Crippen molar-refractivity contribution in [1.82, 2.24) is 10.2 Å². The van der Waals surface area contributed by atoms with E-state index in [1.54, 1.807) is 14.2 Å². The van der Waals surface area contributed by atoms with Gasteiger partial charge < -0.3 is 33.9 Å². The Hall–Kier alpha value is -2.82. The molecule has 0 radical (unpaired) electrons. The number of aryl methyl sites for hydroxylation is 1. The lowest BCUT2D eigenvalue weighted by molar-refractivity contribution is -0.129. The van der Waals surface area contributed by atoms with Crippen LogP contribution in [0.25, 0.3) is 5.57 Å². The van der Waals surface area contributed by atoms with Crippen LogP contribution in [0.15, 0.2) is 60.2 Å². The van der Waals surface area contributed by atoms with Crippen molar-refractivity contribution < 1.29 is 28.5 Å². The first-order valence-electron chi connectivity index (χ1n) is 16.2. The smallest absolute Gasteiger partial charge is 0.252 e. The SMILES string of the molecule is COCCc1ccc(Cl)c(CN(C(=O)C2=C(c3ccc(OCCOc4c(Cl)cc(C)cc4Cl)cc3)CCNC2COCOC)C2CC2)c1. The van der Waals surface area contributed by atoms with E-state index in [-0.39, 0.29) is 31.4 Å². The highest BCUT2D eigenvalue weighted by atomic mass is 35.5. The quantitative estimate of drug-likeness (QED) is 0.114. The largest absolute Gasteiger partial charge is 0.490 e. The van der Waals surface area contributed by atoms with Gasteiger partial charge in [0.15, 0.2) is 5.75 Å². The normalized spacial score (nSPS) is 16.2. The van der Waals surface area contributed by atoms with Crippen molar-refractivity contribution in [1.29, 1.82) is 0 Å². The van der Waals surface area contributed by atoms with E-state index in [1.165, 1.54) is 0 Å². The van der Waals surface area contributed by atoms with Crippen LogP contribution in [-0.4, -0.2) is 76.9 Å². The molecule has 0 spiro atoms. The van der Waals surface area contributed by atoms with Crippen molar-refractivity contribution in [2.24, 2.45) is 0 Å². The number of benzene rings is 3. The van der Waals surface area contributed by atoms with E-state index in [2.05, 4.69) is 11.4 Å². The molecule has 48 heavy (non-hydrogen) atoms. The van der Waals surface area contributed by atoms with Crippen molar-refractivity contribution in [3.63, 3.8) is 0 Å². The third-order valence-corrected chi connectivity index (χ3v) is 9.32. The highest BCUT2D eigenvalue weighted by Crippen LogP contribution is 2.37. The van der Waals surface area contributed by atoms with Crippen molar-refractivity contribution in [3.8, 4) is 11.5 Å². The van der Waals surface area contributed by atoms with Crippen LogP contribution in [-0.2, 0) is 32.0 Å². The summed E-state index contributed by atoms with van der Waals surface area (Å²) in [6, 6.07) is 17.3. The Morgan fingerprint density at radius 1 is 0.896 bits per heavy atom. The van der Waals surface area contributed by atoms with E-state index in [4.69, 9.17) is 58.5 Å². The first-order valence-corrected chi connectivity index (χ1v) is 17.3. The average Bonchev–Trinajstić information content (AvgIpc) is 3.92. The zero-order valence-electron chi connectivity index (χ0n) is 27.7. The molecular weight excluding hydrogens is 675 g/mol. The van der Waals surface area contributed by atoms with Crippen LogP contribution in [0.5, 0.6) is 11.5 Å². The number of halogens is 3. The van der Waals surface area contributed by atoms with E-state index in [0.717, 1.165) is 47.1 Å². The Labute approximate surface area is 298 Å². The molecule has 1 N–H and O–H groups in total. The number of hydrogen-bond donors (Lipinski definition) is 1. The predicted octanol–water partition coefficient (Wildman–Crippen LogP) is 7.53. The Kier molecular flexibility index (Phi) is 13.5. The molecule has 8 nitrogen and oxygen atoms in total. The molecule has 1 heterocycles. The first-order chi connectivity index (χ1) is 23.3. The molecule has 0 saturated heterocycles. The summed E-state index contributed by atoms with van der Waals surface area (Å²) in [6.45, 7) is 4.71. The van der Waals surface area contributed by atoms with Crippen LogP contribution >= 0.6 is 34.8 Å². The highest BCUT2D eigenvalue weighted by Gasteiger charge is 2.38. The molecule has 1 amide bonds.